The molecule has 0 bridgehead atoms. The van der Waals surface area contributed by atoms with Crippen molar-refractivity contribution in [3.8, 4) is 5.88 Å². The van der Waals surface area contributed by atoms with Gasteiger partial charge >= 0.3 is 0 Å². The molecule has 0 spiro atoms. The van der Waals surface area contributed by atoms with E-state index in [9.17, 15) is 0 Å². The fourth-order valence-corrected chi connectivity index (χ4v) is 3.56. The van der Waals surface area contributed by atoms with E-state index in [0.29, 0.717) is 0 Å². The summed E-state index contributed by atoms with van der Waals surface area (Å²) in [5, 5.41) is 3.39. The summed E-state index contributed by atoms with van der Waals surface area (Å²) in [6.45, 7) is 6.25. The summed E-state index contributed by atoms with van der Waals surface area (Å²) in [6.07, 6.45) is 10.1. The second-order valence-electron chi connectivity index (χ2n) is 6.67. The standard InChI is InChI=1S/C18H29N3O/c1-2-4-16(5-3-1)7-13-22-18-14-17(6-8-20-18)15-21-11-9-19-10-12-21/h6,8,14,16,19H,1-5,7,9-13,15H2. The molecule has 1 aromatic rings. The molecule has 4 heteroatoms. The molecule has 4 nitrogen and oxygen atoms in total. The topological polar surface area (TPSA) is 37.4 Å². The Morgan fingerprint density at radius 1 is 1.18 bits per heavy atom. The van der Waals surface area contributed by atoms with Crippen molar-refractivity contribution in [2.75, 3.05) is 32.8 Å². The van der Waals surface area contributed by atoms with Gasteiger partial charge in [0.1, 0.15) is 0 Å². The minimum absolute atomic E-state index is 0.795. The molecule has 0 aromatic carbocycles. The Labute approximate surface area is 134 Å². The van der Waals surface area contributed by atoms with Crippen LogP contribution in [0.3, 0.4) is 0 Å². The van der Waals surface area contributed by atoms with Crippen molar-refractivity contribution < 1.29 is 4.74 Å². The molecule has 0 unspecified atom stereocenters. The highest BCUT2D eigenvalue weighted by Gasteiger charge is 2.14. The van der Waals surface area contributed by atoms with Crippen LogP contribution in [0.1, 0.15) is 44.1 Å². The van der Waals surface area contributed by atoms with Crippen LogP contribution in [0.5, 0.6) is 5.88 Å². The highest BCUT2D eigenvalue weighted by atomic mass is 16.5. The van der Waals surface area contributed by atoms with E-state index in [1.807, 2.05) is 6.20 Å². The third-order valence-corrected chi connectivity index (χ3v) is 4.92. The fourth-order valence-electron chi connectivity index (χ4n) is 3.56. The van der Waals surface area contributed by atoms with Gasteiger partial charge in [0, 0.05) is 45.0 Å². The number of pyridine rings is 1. The average molecular weight is 303 g/mol. The Balaban J connectivity index is 1.43. The highest BCUT2D eigenvalue weighted by molar-refractivity contribution is 5.20. The lowest BCUT2D eigenvalue weighted by Crippen LogP contribution is -2.42. The Morgan fingerprint density at radius 2 is 2.00 bits per heavy atom. The van der Waals surface area contributed by atoms with Crippen molar-refractivity contribution in [3.63, 3.8) is 0 Å². The molecule has 0 atom stereocenters. The van der Waals surface area contributed by atoms with Gasteiger partial charge in [0.05, 0.1) is 6.61 Å². The quantitative estimate of drug-likeness (QED) is 0.877. The molecule has 1 saturated carbocycles. The van der Waals surface area contributed by atoms with Gasteiger partial charge in [0.15, 0.2) is 0 Å². The average Bonchev–Trinajstić information content (AvgIpc) is 2.57. The van der Waals surface area contributed by atoms with Crippen molar-refractivity contribution in [1.82, 2.24) is 15.2 Å². The molecule has 1 aromatic heterocycles. The first-order valence-corrected chi connectivity index (χ1v) is 8.91. The van der Waals surface area contributed by atoms with Crippen LogP contribution < -0.4 is 10.1 Å². The van der Waals surface area contributed by atoms with Gasteiger partial charge in [0.25, 0.3) is 0 Å². The molecule has 1 N–H and O–H groups in total. The maximum Gasteiger partial charge on any atom is 0.213 e. The van der Waals surface area contributed by atoms with Gasteiger partial charge in [0.2, 0.25) is 5.88 Å². The summed E-state index contributed by atoms with van der Waals surface area (Å²) >= 11 is 0. The molecule has 2 fully saturated rings. The van der Waals surface area contributed by atoms with E-state index in [-0.39, 0.29) is 0 Å². The second-order valence-corrected chi connectivity index (χ2v) is 6.67. The van der Waals surface area contributed by atoms with Crippen LogP contribution in [0.4, 0.5) is 0 Å². The maximum absolute atomic E-state index is 5.90. The van der Waals surface area contributed by atoms with E-state index in [2.05, 4.69) is 27.3 Å². The van der Waals surface area contributed by atoms with E-state index in [4.69, 9.17) is 4.74 Å². The first-order chi connectivity index (χ1) is 10.9. The van der Waals surface area contributed by atoms with Crippen LogP contribution in [-0.4, -0.2) is 42.7 Å². The molecule has 1 saturated heterocycles. The van der Waals surface area contributed by atoms with Crippen molar-refractivity contribution in [1.29, 1.82) is 0 Å². The van der Waals surface area contributed by atoms with Gasteiger partial charge in [-0.05, 0) is 24.0 Å². The zero-order chi connectivity index (χ0) is 15.0. The Hall–Kier alpha value is -1.13. The maximum atomic E-state index is 5.90. The minimum atomic E-state index is 0.795. The van der Waals surface area contributed by atoms with Crippen molar-refractivity contribution in [2.24, 2.45) is 5.92 Å². The molecule has 3 rings (SSSR count). The number of nitrogens with zero attached hydrogens (tertiary/aromatic N) is 2. The zero-order valence-electron chi connectivity index (χ0n) is 13.6. The van der Waals surface area contributed by atoms with Crippen LogP contribution in [0.2, 0.25) is 0 Å². The molecule has 1 aliphatic carbocycles. The smallest absolute Gasteiger partial charge is 0.213 e. The molecule has 1 aliphatic heterocycles. The van der Waals surface area contributed by atoms with Crippen LogP contribution in [0.15, 0.2) is 18.3 Å². The second kappa shape index (κ2) is 8.49. The lowest BCUT2D eigenvalue weighted by Gasteiger charge is -2.27. The van der Waals surface area contributed by atoms with Crippen molar-refractivity contribution in [2.45, 2.75) is 45.1 Å². The molecular formula is C18H29N3O. The van der Waals surface area contributed by atoms with Gasteiger partial charge in [-0.2, -0.15) is 0 Å². The van der Waals surface area contributed by atoms with E-state index in [0.717, 1.165) is 51.1 Å². The number of aromatic nitrogens is 1. The zero-order valence-corrected chi connectivity index (χ0v) is 13.6. The van der Waals surface area contributed by atoms with Crippen LogP contribution in [0.25, 0.3) is 0 Å². The van der Waals surface area contributed by atoms with E-state index in [1.165, 1.54) is 44.1 Å². The Bertz CT molecular complexity index is 440. The molecule has 2 heterocycles. The van der Waals surface area contributed by atoms with Crippen LogP contribution in [-0.2, 0) is 6.54 Å². The first-order valence-electron chi connectivity index (χ1n) is 8.91. The predicted octanol–water partition coefficient (Wildman–Crippen LogP) is 2.84. The summed E-state index contributed by atoms with van der Waals surface area (Å²) in [6, 6.07) is 4.22. The summed E-state index contributed by atoms with van der Waals surface area (Å²) < 4.78 is 5.90. The van der Waals surface area contributed by atoms with Gasteiger partial charge in [-0.3, -0.25) is 4.90 Å². The van der Waals surface area contributed by atoms with Crippen LogP contribution in [0, 0.1) is 5.92 Å². The Morgan fingerprint density at radius 3 is 2.82 bits per heavy atom. The van der Waals surface area contributed by atoms with E-state index in [1.54, 1.807) is 0 Å². The molecule has 122 valence electrons. The number of hydrogen-bond donors (Lipinski definition) is 1. The van der Waals surface area contributed by atoms with E-state index >= 15 is 0 Å². The largest absolute Gasteiger partial charge is 0.478 e. The van der Waals surface area contributed by atoms with Gasteiger partial charge in [-0.1, -0.05) is 32.1 Å². The lowest BCUT2D eigenvalue weighted by atomic mass is 9.87. The molecular weight excluding hydrogens is 274 g/mol. The Kier molecular flexibility index (Phi) is 6.08. The molecule has 0 amide bonds. The normalized spacial score (nSPS) is 20.9. The van der Waals surface area contributed by atoms with Gasteiger partial charge in [-0.25, -0.2) is 4.98 Å². The predicted molar refractivity (Wildman–Crippen MR) is 89.1 cm³/mol. The van der Waals surface area contributed by atoms with Gasteiger partial charge < -0.3 is 10.1 Å². The third kappa shape index (κ3) is 4.96. The SMILES string of the molecule is c1cc(CN2CCNCC2)cc(OCCC2CCCCC2)n1. The fraction of sp³-hybridized carbons (Fsp3) is 0.722. The molecule has 22 heavy (non-hydrogen) atoms. The summed E-state index contributed by atoms with van der Waals surface area (Å²) in [5.41, 5.74) is 1.31. The number of hydrogen-bond acceptors (Lipinski definition) is 4. The molecule has 2 aliphatic rings. The van der Waals surface area contributed by atoms with E-state index < -0.39 is 0 Å². The number of nitrogens with one attached hydrogen (secondary N) is 1. The number of piperazine rings is 1. The number of rotatable bonds is 6. The summed E-state index contributed by atoms with van der Waals surface area (Å²) in [4.78, 5) is 6.85. The first kappa shape index (κ1) is 15.8. The monoisotopic (exact) mass is 303 g/mol. The summed E-state index contributed by atoms with van der Waals surface area (Å²) in [5.74, 6) is 1.67. The van der Waals surface area contributed by atoms with Crippen molar-refractivity contribution in [3.05, 3.63) is 23.9 Å². The third-order valence-electron chi connectivity index (χ3n) is 4.92. The summed E-state index contributed by atoms with van der Waals surface area (Å²) in [7, 11) is 0. The minimum Gasteiger partial charge on any atom is -0.478 e. The highest BCUT2D eigenvalue weighted by Crippen LogP contribution is 2.26. The van der Waals surface area contributed by atoms with Gasteiger partial charge in [-0.15, -0.1) is 0 Å². The number of ether oxygens (including phenoxy) is 1. The van der Waals surface area contributed by atoms with Crippen molar-refractivity contribution >= 4 is 0 Å². The van der Waals surface area contributed by atoms with Crippen LogP contribution >= 0.6 is 0 Å². The molecule has 0 radical (unpaired) electrons. The lowest BCUT2D eigenvalue weighted by molar-refractivity contribution is 0.229.